The predicted molar refractivity (Wildman–Crippen MR) is 249 cm³/mol. The Hall–Kier alpha value is -5.91. The van der Waals surface area contributed by atoms with Gasteiger partial charge in [-0.3, -0.25) is 4.79 Å². The van der Waals surface area contributed by atoms with Crippen LogP contribution in [0.25, 0.3) is 0 Å². The van der Waals surface area contributed by atoms with Gasteiger partial charge in [0, 0.05) is 24.3 Å². The third kappa shape index (κ3) is 13.3. The molecule has 6 aromatic carbocycles. The van der Waals surface area contributed by atoms with Gasteiger partial charge in [-0.05, 0) is 65.5 Å². The van der Waals surface area contributed by atoms with Gasteiger partial charge in [0.25, 0.3) is 0 Å². The maximum absolute atomic E-state index is 14.8. The number of hydrogen-bond acceptors (Lipinski definition) is 9. The van der Waals surface area contributed by atoms with Gasteiger partial charge in [-0.2, -0.15) is 0 Å². The third-order valence-electron chi connectivity index (χ3n) is 11.0. The van der Waals surface area contributed by atoms with Crippen LogP contribution in [0.1, 0.15) is 72.0 Å². The minimum absolute atomic E-state index is 0.0739. The Morgan fingerprint density at radius 2 is 1.03 bits per heavy atom. The summed E-state index contributed by atoms with van der Waals surface area (Å²) in [5, 5.41) is 12.2. The quantitative estimate of drug-likeness (QED) is 0.0383. The van der Waals surface area contributed by atoms with Crippen LogP contribution in [0, 0.1) is 0 Å². The highest BCUT2D eigenvalue weighted by Gasteiger charge is 2.42. The van der Waals surface area contributed by atoms with Crippen molar-refractivity contribution in [2.45, 2.75) is 84.5 Å². The van der Waals surface area contributed by atoms with Crippen LogP contribution < -0.4 is 23.4 Å². The number of benzene rings is 6. The summed E-state index contributed by atoms with van der Waals surface area (Å²) in [6, 6.07) is 47.8. The van der Waals surface area contributed by atoms with Gasteiger partial charge in [-0.15, -0.1) is 0 Å². The molecule has 0 aliphatic carbocycles. The lowest BCUT2D eigenvalue weighted by molar-refractivity contribution is -0.0481. The van der Waals surface area contributed by atoms with E-state index in [4.69, 9.17) is 32.8 Å². The number of rotatable bonds is 23. The lowest BCUT2D eigenvalue weighted by Gasteiger charge is -2.38. The first kappa shape index (κ1) is 46.6. The van der Waals surface area contributed by atoms with Gasteiger partial charge in [0.15, 0.2) is 17.3 Å². The van der Waals surface area contributed by atoms with Gasteiger partial charge in [0.05, 0.1) is 18.8 Å². The zero-order valence-corrected chi connectivity index (χ0v) is 38.3. The molecule has 0 aliphatic rings. The van der Waals surface area contributed by atoms with Gasteiger partial charge >= 0.3 is 0 Å². The fourth-order valence-corrected chi connectivity index (χ4v) is 7.46. The molecule has 0 amide bonds. The van der Waals surface area contributed by atoms with Crippen LogP contribution >= 0.6 is 0 Å². The minimum Gasteiger partial charge on any atom is -0.543 e. The smallest absolute Gasteiger partial charge is 0.250 e. The summed E-state index contributed by atoms with van der Waals surface area (Å²) in [4.78, 5) is 14.8. The Kier molecular flexibility index (Phi) is 16.6. The summed E-state index contributed by atoms with van der Waals surface area (Å²) in [5.41, 5.74) is 4.43. The van der Waals surface area contributed by atoms with E-state index in [1.807, 2.05) is 134 Å². The number of aliphatic hydroxyl groups is 1. The van der Waals surface area contributed by atoms with Crippen LogP contribution in [-0.2, 0) is 35.9 Å². The largest absolute Gasteiger partial charge is 0.543 e. The van der Waals surface area contributed by atoms with Crippen molar-refractivity contribution in [3.8, 4) is 28.7 Å². The Labute approximate surface area is 373 Å². The van der Waals surface area contributed by atoms with Crippen LogP contribution in [0.15, 0.2) is 152 Å². The summed E-state index contributed by atoms with van der Waals surface area (Å²) in [7, 11) is -2.58. The molecule has 0 bridgehead atoms. The number of hydrogen-bond donors (Lipinski definition) is 1. The number of carbonyl (C=O) groups is 1. The first-order valence-corrected chi connectivity index (χ1v) is 24.4. The maximum Gasteiger partial charge on any atom is 0.250 e. The van der Waals surface area contributed by atoms with Crippen LogP contribution in [0.4, 0.5) is 0 Å². The summed E-state index contributed by atoms with van der Waals surface area (Å²) >= 11 is 0. The van der Waals surface area contributed by atoms with E-state index in [0.29, 0.717) is 54.1 Å². The van der Waals surface area contributed by atoms with Crippen LogP contribution in [0.5, 0.6) is 28.7 Å². The van der Waals surface area contributed by atoms with E-state index in [1.54, 1.807) is 24.3 Å². The van der Waals surface area contributed by atoms with Crippen molar-refractivity contribution < 1.29 is 42.7 Å². The highest BCUT2D eigenvalue weighted by molar-refractivity contribution is 6.74. The second-order valence-corrected chi connectivity index (χ2v) is 21.5. The summed E-state index contributed by atoms with van der Waals surface area (Å²) < 4.78 is 45.0. The van der Waals surface area contributed by atoms with E-state index >= 15 is 0 Å². The van der Waals surface area contributed by atoms with Gasteiger partial charge in [-0.1, -0.05) is 142 Å². The number of Topliss-reactive ketones (excluding diaryl/α,β-unsaturated/α-hetero) is 1. The maximum atomic E-state index is 14.8. The molecular formula is C53H60O9Si. The second-order valence-electron chi connectivity index (χ2n) is 16.8. The van der Waals surface area contributed by atoms with E-state index in [9.17, 15) is 9.90 Å². The Bertz CT molecular complexity index is 2310. The molecule has 330 valence electrons. The number of ketones is 1. The van der Waals surface area contributed by atoms with Crippen LogP contribution in [-0.4, -0.2) is 45.1 Å². The van der Waals surface area contributed by atoms with Crippen molar-refractivity contribution in [1.29, 1.82) is 0 Å². The van der Waals surface area contributed by atoms with Gasteiger partial charge in [0.2, 0.25) is 8.32 Å². The molecule has 9 nitrogen and oxygen atoms in total. The van der Waals surface area contributed by atoms with Crippen molar-refractivity contribution in [3.63, 3.8) is 0 Å². The second kappa shape index (κ2) is 22.4. The van der Waals surface area contributed by atoms with E-state index in [2.05, 4.69) is 33.9 Å². The Morgan fingerprint density at radius 3 is 1.52 bits per heavy atom. The highest BCUT2D eigenvalue weighted by Crippen LogP contribution is 2.46. The Balaban J connectivity index is 1.43. The molecule has 2 atom stereocenters. The van der Waals surface area contributed by atoms with Crippen molar-refractivity contribution >= 4 is 14.1 Å². The van der Waals surface area contributed by atoms with E-state index in [0.717, 1.165) is 22.3 Å². The van der Waals surface area contributed by atoms with Crippen molar-refractivity contribution in [2.24, 2.45) is 0 Å². The zero-order chi connectivity index (χ0) is 44.7. The molecule has 10 heteroatoms. The van der Waals surface area contributed by atoms with Crippen LogP contribution in [0.2, 0.25) is 18.1 Å². The zero-order valence-electron chi connectivity index (χ0n) is 37.3. The average molecular weight is 869 g/mol. The molecule has 0 saturated heterocycles. The molecule has 0 saturated carbocycles. The third-order valence-corrected chi connectivity index (χ3v) is 15.3. The van der Waals surface area contributed by atoms with Crippen molar-refractivity contribution in [3.05, 3.63) is 185 Å². The Morgan fingerprint density at radius 1 is 0.571 bits per heavy atom. The topological polar surface area (TPSA) is 102 Å². The van der Waals surface area contributed by atoms with E-state index in [-0.39, 0.29) is 37.0 Å². The lowest BCUT2D eigenvalue weighted by atomic mass is 9.95. The summed E-state index contributed by atoms with van der Waals surface area (Å²) in [6.07, 6.45) is -2.98. The fraction of sp³-hybridized carbons (Fsp3) is 0.302. The first-order chi connectivity index (χ1) is 30.4. The molecule has 0 aromatic heterocycles. The molecule has 0 radical (unpaired) electrons. The molecule has 1 N–H and O–H groups in total. The number of carbonyl (C=O) groups excluding carboxylic acids is 1. The number of ether oxygens (including phenoxy) is 6. The standard InChI is InChI=1S/C53H60O9Si/c1-7-56-30-31-57-52(51(55)50(54)43-28-29-45(59-36-40-22-14-9-15-23-40)46(32-43)60-37-41-24-16-10-17-25-41)49-47(61-38-42-26-18-11-19-27-42)33-44(58-35-39-20-12-8-13-21-39)34-48(49)62-63(5,6)53(2,3)4/h8-29,32-34,51-52,55H,7,30-31,35-38H2,1-6H3/t51-,52-/m0/s1. The normalized spacial score (nSPS) is 12.6. The van der Waals surface area contributed by atoms with Gasteiger partial charge < -0.3 is 38.0 Å². The van der Waals surface area contributed by atoms with Gasteiger partial charge in [0.1, 0.15) is 55.9 Å². The van der Waals surface area contributed by atoms with E-state index < -0.39 is 26.3 Å². The molecule has 6 rings (SSSR count). The number of aliphatic hydroxyl groups excluding tert-OH is 1. The van der Waals surface area contributed by atoms with Crippen molar-refractivity contribution in [1.82, 2.24) is 0 Å². The van der Waals surface area contributed by atoms with Crippen LogP contribution in [0.3, 0.4) is 0 Å². The monoisotopic (exact) mass is 868 g/mol. The average Bonchev–Trinajstić information content (AvgIpc) is 3.29. The summed E-state index contributed by atoms with van der Waals surface area (Å²) in [5.74, 6) is 1.48. The SMILES string of the molecule is CCOCCO[C@@H](c1c(OCc2ccccc2)cc(OCc2ccccc2)cc1O[Si](C)(C)C(C)(C)C)[C@@H](O)C(=O)c1ccc(OCc2ccccc2)c(OCc2ccccc2)c1. The lowest BCUT2D eigenvalue weighted by Crippen LogP contribution is -2.44. The molecular weight excluding hydrogens is 809 g/mol. The molecule has 0 aliphatic heterocycles. The first-order valence-electron chi connectivity index (χ1n) is 21.5. The minimum atomic E-state index is -2.58. The molecule has 0 fully saturated rings. The highest BCUT2D eigenvalue weighted by atomic mass is 28.4. The molecule has 0 heterocycles. The molecule has 0 spiro atoms. The molecule has 0 unspecified atom stereocenters. The predicted octanol–water partition coefficient (Wildman–Crippen LogP) is 11.7. The molecule has 6 aromatic rings. The summed E-state index contributed by atoms with van der Waals surface area (Å²) in [6.45, 7) is 14.4. The molecule has 63 heavy (non-hydrogen) atoms. The fourth-order valence-electron chi connectivity index (χ4n) is 6.43. The van der Waals surface area contributed by atoms with Crippen molar-refractivity contribution in [2.75, 3.05) is 19.8 Å². The van der Waals surface area contributed by atoms with Gasteiger partial charge in [-0.25, -0.2) is 0 Å². The van der Waals surface area contributed by atoms with E-state index in [1.165, 1.54) is 0 Å².